The fourth-order valence-corrected chi connectivity index (χ4v) is 4.71. The van der Waals surface area contributed by atoms with E-state index < -0.39 is 5.83 Å². The molecule has 0 saturated carbocycles. The highest BCUT2D eigenvalue weighted by Crippen LogP contribution is 2.35. The van der Waals surface area contributed by atoms with Crippen molar-refractivity contribution in [2.24, 2.45) is 28.3 Å². The third kappa shape index (κ3) is 19.0. The number of hydrogen-bond acceptors (Lipinski definition) is 4. The monoisotopic (exact) mass is 612 g/mol. The Balaban J connectivity index is -0.000000792. The first-order chi connectivity index (χ1) is 19.4. The topological polar surface area (TPSA) is 67.6 Å². The SMILES string of the molecule is C=CC(=C\C(CC(C)/C(C(=C)Cl)=C(\Cl)C(=C)F)=C(/C)N)/C(C=NC)=C/C.CC.CCCCN1CCC(C)CC1.CN. The van der Waals surface area contributed by atoms with Gasteiger partial charge < -0.3 is 16.4 Å². The van der Waals surface area contributed by atoms with Crippen LogP contribution in [0.5, 0.6) is 0 Å². The molecule has 236 valence electrons. The first-order valence-electron chi connectivity index (χ1n) is 14.7. The van der Waals surface area contributed by atoms with E-state index >= 15 is 0 Å². The molecular formula is C34H59Cl2FN4. The summed E-state index contributed by atoms with van der Waals surface area (Å²) in [5, 5.41) is 0.0576. The highest BCUT2D eigenvalue weighted by Gasteiger charge is 2.19. The van der Waals surface area contributed by atoms with E-state index in [1.807, 2.05) is 39.8 Å². The Morgan fingerprint density at radius 1 is 1.15 bits per heavy atom. The van der Waals surface area contributed by atoms with Gasteiger partial charge >= 0.3 is 0 Å². The van der Waals surface area contributed by atoms with Crippen molar-refractivity contribution in [3.63, 3.8) is 0 Å². The number of nitrogens with zero attached hydrogens (tertiary/aromatic N) is 2. The number of likely N-dealkylation sites (tertiary alicyclic amines) is 1. The van der Waals surface area contributed by atoms with E-state index in [1.54, 1.807) is 26.3 Å². The van der Waals surface area contributed by atoms with Gasteiger partial charge in [0.2, 0.25) is 0 Å². The van der Waals surface area contributed by atoms with Crippen LogP contribution in [-0.4, -0.2) is 44.8 Å². The fourth-order valence-electron chi connectivity index (χ4n) is 4.08. The van der Waals surface area contributed by atoms with Gasteiger partial charge in [-0.1, -0.05) is 96.1 Å². The number of hydrogen-bond donors (Lipinski definition) is 2. The molecule has 0 aromatic rings. The maximum atomic E-state index is 13.5. The van der Waals surface area contributed by atoms with Crippen molar-refractivity contribution < 1.29 is 4.39 Å². The Labute approximate surface area is 262 Å². The van der Waals surface area contributed by atoms with Gasteiger partial charge in [-0.15, -0.1) is 0 Å². The van der Waals surface area contributed by atoms with Gasteiger partial charge in [-0.3, -0.25) is 4.99 Å². The van der Waals surface area contributed by atoms with Gasteiger partial charge in [-0.05, 0) is 106 Å². The molecule has 1 heterocycles. The lowest BCUT2D eigenvalue weighted by atomic mass is 9.90. The summed E-state index contributed by atoms with van der Waals surface area (Å²) in [4.78, 5) is 6.66. The van der Waals surface area contributed by atoms with E-state index in [2.05, 4.69) is 49.2 Å². The lowest BCUT2D eigenvalue weighted by Gasteiger charge is -2.29. The van der Waals surface area contributed by atoms with Crippen molar-refractivity contribution in [2.75, 3.05) is 33.7 Å². The fraction of sp³-hybridized carbons (Fsp3) is 0.559. The van der Waals surface area contributed by atoms with Crippen LogP contribution in [0.3, 0.4) is 0 Å². The summed E-state index contributed by atoms with van der Waals surface area (Å²) in [5.74, 6) is 0.0144. The second-order valence-electron chi connectivity index (χ2n) is 9.66. The zero-order valence-corrected chi connectivity index (χ0v) is 28.9. The molecule has 0 bridgehead atoms. The van der Waals surface area contributed by atoms with Crippen molar-refractivity contribution in [2.45, 2.75) is 80.6 Å². The Bertz CT molecular complexity index is 914. The van der Waals surface area contributed by atoms with Gasteiger partial charge in [0.25, 0.3) is 0 Å². The van der Waals surface area contributed by atoms with E-state index in [0.29, 0.717) is 17.7 Å². The second kappa shape index (κ2) is 26.9. The summed E-state index contributed by atoms with van der Waals surface area (Å²) in [6, 6.07) is 0. The van der Waals surface area contributed by atoms with Crippen LogP contribution in [-0.2, 0) is 0 Å². The zero-order valence-electron chi connectivity index (χ0n) is 27.4. The molecule has 1 fully saturated rings. The van der Waals surface area contributed by atoms with Crippen molar-refractivity contribution in [3.05, 3.63) is 81.8 Å². The number of nitrogens with two attached hydrogens (primary N) is 2. The molecule has 1 rings (SSSR count). The van der Waals surface area contributed by atoms with Crippen molar-refractivity contribution in [1.82, 2.24) is 4.90 Å². The molecule has 0 spiro atoms. The smallest absolute Gasteiger partial charge is 0.134 e. The number of halogens is 3. The Kier molecular flexibility index (Phi) is 28.6. The molecule has 4 nitrogen and oxygen atoms in total. The van der Waals surface area contributed by atoms with Crippen molar-refractivity contribution in [3.8, 4) is 0 Å². The first kappa shape index (κ1) is 43.5. The normalized spacial score (nSPS) is 16.5. The number of allylic oxidation sites excluding steroid dienone is 11. The molecule has 1 unspecified atom stereocenters. The van der Waals surface area contributed by atoms with E-state index in [0.717, 1.165) is 22.6 Å². The van der Waals surface area contributed by atoms with Gasteiger partial charge in [0, 0.05) is 24.0 Å². The summed E-state index contributed by atoms with van der Waals surface area (Å²) in [6.07, 6.45) is 13.4. The van der Waals surface area contributed by atoms with E-state index in [-0.39, 0.29) is 16.0 Å². The predicted molar refractivity (Wildman–Crippen MR) is 186 cm³/mol. The molecule has 0 aliphatic carbocycles. The highest BCUT2D eigenvalue weighted by molar-refractivity contribution is 6.36. The molecule has 7 heteroatoms. The minimum absolute atomic E-state index is 0.119. The van der Waals surface area contributed by atoms with E-state index in [4.69, 9.17) is 28.9 Å². The quantitative estimate of drug-likeness (QED) is 0.170. The minimum atomic E-state index is -0.747. The average Bonchev–Trinajstić information content (AvgIpc) is 2.96. The lowest BCUT2D eigenvalue weighted by molar-refractivity contribution is 0.190. The molecule has 1 atom stereocenters. The molecule has 0 aromatic carbocycles. The van der Waals surface area contributed by atoms with Crippen LogP contribution in [0, 0.1) is 11.8 Å². The van der Waals surface area contributed by atoms with Crippen LogP contribution in [0.25, 0.3) is 0 Å². The third-order valence-electron chi connectivity index (χ3n) is 6.46. The van der Waals surface area contributed by atoms with Gasteiger partial charge in [0.1, 0.15) is 5.83 Å². The molecule has 41 heavy (non-hydrogen) atoms. The summed E-state index contributed by atoms with van der Waals surface area (Å²) in [6.45, 7) is 29.0. The summed E-state index contributed by atoms with van der Waals surface area (Å²) in [5.41, 5.74) is 14.3. The molecule has 1 aliphatic rings. The molecule has 1 aliphatic heterocycles. The van der Waals surface area contributed by atoms with Gasteiger partial charge in [-0.25, -0.2) is 4.39 Å². The van der Waals surface area contributed by atoms with E-state index in [9.17, 15) is 4.39 Å². The van der Waals surface area contributed by atoms with Crippen LogP contribution in [0.1, 0.15) is 80.6 Å². The maximum absolute atomic E-state index is 13.5. The van der Waals surface area contributed by atoms with Crippen molar-refractivity contribution in [1.29, 1.82) is 0 Å². The standard InChI is InChI=1S/C21H27Cl2FN2.C10H21N.C2H6.CH5N/c1-8-17(18(9-2)12-26-7)11-19(16(6)25)10-13(3)20(14(4)22)21(23)15(5)24;1-3-4-7-11-8-5-10(2)6-9-11;2*1-2/h8-9,11-13H,1,4-5,10,25H2,2-3,6-7H3;10H,3-9H2,1-2H3;1-2H3;2H2,1H3/b17-11+,18-9+,19-16+,21-20+,26-12?;;;. The molecule has 1 saturated heterocycles. The molecule has 0 radical (unpaired) electrons. The summed E-state index contributed by atoms with van der Waals surface area (Å²) >= 11 is 12.1. The van der Waals surface area contributed by atoms with Crippen LogP contribution in [0.15, 0.2) is 86.8 Å². The highest BCUT2D eigenvalue weighted by atomic mass is 35.5. The Morgan fingerprint density at radius 3 is 2.05 bits per heavy atom. The number of aliphatic imine (C=N–C) groups is 1. The first-order valence-corrected chi connectivity index (χ1v) is 15.5. The second-order valence-corrected chi connectivity index (χ2v) is 10.5. The van der Waals surface area contributed by atoms with Crippen LogP contribution in [0.4, 0.5) is 4.39 Å². The van der Waals surface area contributed by atoms with E-state index in [1.165, 1.54) is 52.4 Å². The van der Waals surface area contributed by atoms with Gasteiger partial charge in [0.15, 0.2) is 0 Å². The van der Waals surface area contributed by atoms with Crippen LogP contribution in [0.2, 0.25) is 0 Å². The summed E-state index contributed by atoms with van der Waals surface area (Å²) < 4.78 is 13.5. The Hall–Kier alpha value is -1.92. The maximum Gasteiger partial charge on any atom is 0.134 e. The number of unbranched alkanes of at least 4 members (excludes halogenated alkanes) is 1. The zero-order chi connectivity index (χ0) is 32.5. The average molecular weight is 614 g/mol. The number of piperidine rings is 1. The molecule has 4 N–H and O–H groups in total. The van der Waals surface area contributed by atoms with Gasteiger partial charge in [-0.2, -0.15) is 0 Å². The summed E-state index contributed by atoms with van der Waals surface area (Å²) in [7, 11) is 3.20. The molecular weight excluding hydrogens is 554 g/mol. The lowest BCUT2D eigenvalue weighted by Crippen LogP contribution is -2.33. The predicted octanol–water partition coefficient (Wildman–Crippen LogP) is 9.85. The Morgan fingerprint density at radius 2 is 1.68 bits per heavy atom. The third-order valence-corrected chi connectivity index (χ3v) is 7.07. The molecule has 0 aromatic heterocycles. The van der Waals surface area contributed by atoms with Crippen LogP contribution >= 0.6 is 23.2 Å². The van der Waals surface area contributed by atoms with Crippen LogP contribution < -0.4 is 11.5 Å². The van der Waals surface area contributed by atoms with Gasteiger partial charge in [0.05, 0.1) is 5.03 Å². The molecule has 0 amide bonds. The largest absolute Gasteiger partial charge is 0.402 e. The number of rotatable bonds is 12. The minimum Gasteiger partial charge on any atom is -0.402 e. The van der Waals surface area contributed by atoms with Crippen molar-refractivity contribution >= 4 is 29.4 Å².